The molecule has 1 amide bonds. The Morgan fingerprint density at radius 3 is 2.60 bits per heavy atom. The number of amides is 1. The van der Waals surface area contributed by atoms with Crippen molar-refractivity contribution >= 4 is 21.8 Å². The molecule has 0 heterocycles. The van der Waals surface area contributed by atoms with Crippen molar-refractivity contribution in [3.05, 3.63) is 35.6 Å². The van der Waals surface area contributed by atoms with Crippen molar-refractivity contribution in [1.29, 1.82) is 0 Å². The van der Waals surface area contributed by atoms with Gasteiger partial charge in [0.25, 0.3) is 5.91 Å². The van der Waals surface area contributed by atoms with Crippen LogP contribution in [-0.2, 0) is 9.63 Å². The van der Waals surface area contributed by atoms with E-state index in [-0.39, 0.29) is 0 Å². The predicted octanol–water partition coefficient (Wildman–Crippen LogP) is 2.57. The molecule has 0 aliphatic rings. The standard InChI is InChI=1S/C10H13BrFNO2/c1-8(12)9(6-4-5-7-11)10(14)13(2)15-3/h4-7,9H,1H2,2-3H3/b6-4?,7-5+. The molecule has 5 heteroatoms. The van der Waals surface area contributed by atoms with Crippen molar-refractivity contribution in [3.8, 4) is 0 Å². The fraction of sp³-hybridized carbons (Fsp3) is 0.300. The van der Waals surface area contributed by atoms with Gasteiger partial charge in [0.15, 0.2) is 0 Å². The van der Waals surface area contributed by atoms with Crippen molar-refractivity contribution in [2.45, 2.75) is 0 Å². The molecule has 0 aliphatic carbocycles. The summed E-state index contributed by atoms with van der Waals surface area (Å²) in [6, 6.07) is 0. The minimum absolute atomic E-state index is 0.510. The molecule has 0 bridgehead atoms. The van der Waals surface area contributed by atoms with Gasteiger partial charge in [-0.15, -0.1) is 0 Å². The van der Waals surface area contributed by atoms with E-state index in [0.29, 0.717) is 0 Å². The van der Waals surface area contributed by atoms with Gasteiger partial charge in [0.1, 0.15) is 11.7 Å². The molecular formula is C10H13BrFNO2. The molecule has 3 nitrogen and oxygen atoms in total. The first-order valence-corrected chi connectivity index (χ1v) is 5.05. The van der Waals surface area contributed by atoms with Crippen LogP contribution in [0.25, 0.3) is 0 Å². The lowest BCUT2D eigenvalue weighted by molar-refractivity contribution is -0.171. The number of carbonyl (C=O) groups is 1. The summed E-state index contributed by atoms with van der Waals surface area (Å²) in [5.41, 5.74) is 0. The van der Waals surface area contributed by atoms with E-state index in [9.17, 15) is 9.18 Å². The normalized spacial score (nSPS) is 13.3. The van der Waals surface area contributed by atoms with E-state index in [1.54, 1.807) is 17.1 Å². The molecule has 0 spiro atoms. The quantitative estimate of drug-likeness (QED) is 0.571. The summed E-state index contributed by atoms with van der Waals surface area (Å²) in [6.07, 6.45) is 4.57. The fourth-order valence-corrected chi connectivity index (χ4v) is 1.00. The van der Waals surface area contributed by atoms with Gasteiger partial charge in [0.05, 0.1) is 7.11 Å². The molecular weight excluding hydrogens is 265 g/mol. The fourth-order valence-electron chi connectivity index (χ4n) is 0.824. The van der Waals surface area contributed by atoms with Crippen LogP contribution in [0.15, 0.2) is 35.6 Å². The molecule has 0 N–H and O–H groups in total. The Labute approximate surface area is 97.0 Å². The number of hydrogen-bond acceptors (Lipinski definition) is 2. The number of carbonyl (C=O) groups excluding carboxylic acids is 1. The van der Waals surface area contributed by atoms with Gasteiger partial charge >= 0.3 is 0 Å². The number of hydrogen-bond donors (Lipinski definition) is 0. The van der Waals surface area contributed by atoms with E-state index in [0.717, 1.165) is 5.06 Å². The van der Waals surface area contributed by atoms with Gasteiger partial charge in [-0.1, -0.05) is 40.7 Å². The summed E-state index contributed by atoms with van der Waals surface area (Å²) in [4.78, 5) is 17.8. The molecule has 1 unspecified atom stereocenters. The van der Waals surface area contributed by atoms with Gasteiger partial charge in [-0.05, 0) is 4.99 Å². The Hall–Kier alpha value is -0.940. The second kappa shape index (κ2) is 7.36. The van der Waals surface area contributed by atoms with Gasteiger partial charge in [-0.2, -0.15) is 0 Å². The minimum atomic E-state index is -1.02. The lowest BCUT2D eigenvalue weighted by Crippen LogP contribution is -2.31. The Morgan fingerprint density at radius 2 is 2.20 bits per heavy atom. The minimum Gasteiger partial charge on any atom is -0.275 e. The average molecular weight is 278 g/mol. The Kier molecular flexibility index (Phi) is 6.90. The topological polar surface area (TPSA) is 29.5 Å². The number of nitrogens with zero attached hydrogens (tertiary/aromatic N) is 1. The maximum Gasteiger partial charge on any atom is 0.259 e. The Bertz CT molecular complexity index is 289. The SMILES string of the molecule is C=C(F)C(C=C/C=C/Br)C(=O)N(C)OC. The maximum absolute atomic E-state index is 13.0. The van der Waals surface area contributed by atoms with Crippen LogP contribution in [0.4, 0.5) is 4.39 Å². The molecule has 15 heavy (non-hydrogen) atoms. The molecule has 0 saturated heterocycles. The highest BCUT2D eigenvalue weighted by atomic mass is 79.9. The summed E-state index contributed by atoms with van der Waals surface area (Å²) >= 11 is 3.05. The molecule has 0 radical (unpaired) electrons. The zero-order valence-corrected chi connectivity index (χ0v) is 10.2. The van der Waals surface area contributed by atoms with Crippen molar-refractivity contribution in [1.82, 2.24) is 5.06 Å². The molecule has 0 aromatic rings. The number of hydroxylamine groups is 2. The van der Waals surface area contributed by atoms with Gasteiger partial charge in [-0.3, -0.25) is 9.63 Å². The van der Waals surface area contributed by atoms with Crippen LogP contribution in [0.1, 0.15) is 0 Å². The monoisotopic (exact) mass is 277 g/mol. The summed E-state index contributed by atoms with van der Waals surface area (Å²) < 4.78 is 13.0. The van der Waals surface area contributed by atoms with E-state index in [2.05, 4.69) is 27.3 Å². The van der Waals surface area contributed by atoms with Crippen LogP contribution in [0.2, 0.25) is 0 Å². The van der Waals surface area contributed by atoms with E-state index in [4.69, 9.17) is 0 Å². The third-order valence-corrected chi connectivity index (χ3v) is 1.98. The van der Waals surface area contributed by atoms with Crippen molar-refractivity contribution in [2.24, 2.45) is 5.92 Å². The predicted molar refractivity (Wildman–Crippen MR) is 60.7 cm³/mol. The zero-order chi connectivity index (χ0) is 11.8. The van der Waals surface area contributed by atoms with Crippen LogP contribution in [0, 0.1) is 5.92 Å². The number of halogens is 2. The summed E-state index contributed by atoms with van der Waals surface area (Å²) in [6.45, 7) is 3.12. The second-order valence-corrected chi connectivity index (χ2v) is 3.17. The largest absolute Gasteiger partial charge is 0.275 e. The zero-order valence-electron chi connectivity index (χ0n) is 8.61. The Balaban J connectivity index is 4.67. The van der Waals surface area contributed by atoms with Gasteiger partial charge < -0.3 is 0 Å². The molecule has 0 aromatic carbocycles. The molecule has 0 rings (SSSR count). The Morgan fingerprint density at radius 1 is 1.60 bits per heavy atom. The van der Waals surface area contributed by atoms with E-state index in [1.165, 1.54) is 20.2 Å². The van der Waals surface area contributed by atoms with Crippen LogP contribution in [0.5, 0.6) is 0 Å². The number of allylic oxidation sites excluding steroid dienone is 2. The third kappa shape index (κ3) is 4.90. The summed E-state index contributed by atoms with van der Waals surface area (Å²) in [5.74, 6) is -2.24. The highest BCUT2D eigenvalue weighted by Crippen LogP contribution is 2.15. The lowest BCUT2D eigenvalue weighted by atomic mass is 10.1. The summed E-state index contributed by atoms with van der Waals surface area (Å²) in [7, 11) is 2.74. The van der Waals surface area contributed by atoms with Gasteiger partial charge in [-0.25, -0.2) is 9.45 Å². The van der Waals surface area contributed by atoms with Crippen molar-refractivity contribution < 1.29 is 14.0 Å². The molecule has 0 fully saturated rings. The third-order valence-electron chi connectivity index (χ3n) is 1.68. The first-order chi connectivity index (χ1) is 7.04. The molecule has 84 valence electrons. The van der Waals surface area contributed by atoms with Gasteiger partial charge in [0, 0.05) is 7.05 Å². The average Bonchev–Trinajstić information content (AvgIpc) is 2.22. The maximum atomic E-state index is 13.0. The first kappa shape index (κ1) is 14.1. The van der Waals surface area contributed by atoms with Crippen molar-refractivity contribution in [3.63, 3.8) is 0 Å². The highest BCUT2D eigenvalue weighted by molar-refractivity contribution is 9.11. The van der Waals surface area contributed by atoms with Crippen LogP contribution in [-0.4, -0.2) is 25.1 Å². The van der Waals surface area contributed by atoms with Crippen LogP contribution in [0.3, 0.4) is 0 Å². The highest BCUT2D eigenvalue weighted by Gasteiger charge is 2.22. The smallest absolute Gasteiger partial charge is 0.259 e. The van der Waals surface area contributed by atoms with E-state index >= 15 is 0 Å². The molecule has 0 saturated carbocycles. The molecule has 0 aromatic heterocycles. The lowest BCUT2D eigenvalue weighted by Gasteiger charge is -2.17. The summed E-state index contributed by atoms with van der Waals surface area (Å²) in [5, 5.41) is 0.956. The van der Waals surface area contributed by atoms with Gasteiger partial charge in [0.2, 0.25) is 0 Å². The molecule has 0 aliphatic heterocycles. The van der Waals surface area contributed by atoms with Crippen molar-refractivity contribution in [2.75, 3.05) is 14.2 Å². The number of rotatable bonds is 5. The van der Waals surface area contributed by atoms with E-state index < -0.39 is 17.7 Å². The van der Waals surface area contributed by atoms with E-state index in [1.807, 2.05) is 0 Å². The second-order valence-electron chi connectivity index (χ2n) is 2.65. The first-order valence-electron chi connectivity index (χ1n) is 4.14. The van der Waals surface area contributed by atoms with Crippen LogP contribution >= 0.6 is 15.9 Å². The molecule has 1 atom stereocenters. The van der Waals surface area contributed by atoms with Crippen LogP contribution < -0.4 is 0 Å².